The van der Waals surface area contributed by atoms with Gasteiger partial charge in [0.15, 0.2) is 5.82 Å². The zero-order chi connectivity index (χ0) is 21.1. The molecule has 30 heavy (non-hydrogen) atoms. The van der Waals surface area contributed by atoms with Crippen LogP contribution in [0.5, 0.6) is 0 Å². The first-order chi connectivity index (χ1) is 14.6. The van der Waals surface area contributed by atoms with E-state index in [1.54, 1.807) is 24.3 Å². The fourth-order valence-corrected chi connectivity index (χ4v) is 3.00. The second kappa shape index (κ2) is 8.04. The molecule has 2 amide bonds. The lowest BCUT2D eigenvalue weighted by molar-refractivity contribution is 0.0959. The third-order valence-corrected chi connectivity index (χ3v) is 4.61. The van der Waals surface area contributed by atoms with Gasteiger partial charge in [0.1, 0.15) is 5.52 Å². The van der Waals surface area contributed by atoms with Crippen molar-refractivity contribution in [3.63, 3.8) is 0 Å². The van der Waals surface area contributed by atoms with E-state index in [9.17, 15) is 9.59 Å². The van der Waals surface area contributed by atoms with E-state index in [-0.39, 0.29) is 11.7 Å². The number of para-hydroxylation sites is 1. The molecular formula is C22H19N5O3. The number of rotatable bonds is 5. The molecule has 0 unspecified atom stereocenters. The van der Waals surface area contributed by atoms with Gasteiger partial charge in [0.05, 0.1) is 16.6 Å². The van der Waals surface area contributed by atoms with Crippen LogP contribution in [0.2, 0.25) is 0 Å². The Kier molecular flexibility index (Phi) is 5.13. The van der Waals surface area contributed by atoms with E-state index >= 15 is 0 Å². The largest absolute Gasteiger partial charge is 0.355 e. The Labute approximate surface area is 172 Å². The van der Waals surface area contributed by atoms with Crippen molar-refractivity contribution in [1.29, 1.82) is 0 Å². The normalized spacial score (nSPS) is 10.6. The predicted octanol–water partition coefficient (Wildman–Crippen LogP) is 3.89. The maximum Gasteiger partial charge on any atom is 0.295 e. The molecule has 150 valence electrons. The van der Waals surface area contributed by atoms with Crippen molar-refractivity contribution in [1.82, 2.24) is 15.5 Å². The minimum atomic E-state index is -0.493. The first kappa shape index (κ1) is 19.1. The first-order valence-corrected chi connectivity index (χ1v) is 9.27. The van der Waals surface area contributed by atoms with E-state index in [0.717, 1.165) is 11.3 Å². The summed E-state index contributed by atoms with van der Waals surface area (Å²) in [7, 11) is 1.53. The SMILES string of the molecule is CNC(=O)c1cnc(Nc2ccccc2C)c(NC(=O)c2onc3ccccc23)c1. The van der Waals surface area contributed by atoms with E-state index in [4.69, 9.17) is 4.52 Å². The van der Waals surface area contributed by atoms with Gasteiger partial charge in [-0.15, -0.1) is 0 Å². The Bertz CT molecular complexity index is 1250. The van der Waals surface area contributed by atoms with Gasteiger partial charge in [-0.3, -0.25) is 9.59 Å². The summed E-state index contributed by atoms with van der Waals surface area (Å²) in [4.78, 5) is 29.3. The standard InChI is InChI=1S/C22H19N5O3/c1-13-7-3-5-9-16(13)25-20-18(11-14(12-24-20)21(28)23-2)26-22(29)19-15-8-4-6-10-17(15)27-30-19/h3-12H,1-2H3,(H,23,28)(H,24,25)(H,26,29). The Hall–Kier alpha value is -4.20. The fourth-order valence-electron chi connectivity index (χ4n) is 3.00. The van der Waals surface area contributed by atoms with Crippen LogP contribution in [0.3, 0.4) is 0 Å². The molecule has 0 saturated heterocycles. The van der Waals surface area contributed by atoms with E-state index in [2.05, 4.69) is 26.1 Å². The smallest absolute Gasteiger partial charge is 0.295 e. The summed E-state index contributed by atoms with van der Waals surface area (Å²) in [6.07, 6.45) is 1.44. The third-order valence-electron chi connectivity index (χ3n) is 4.61. The molecule has 3 N–H and O–H groups in total. The van der Waals surface area contributed by atoms with Crippen LogP contribution in [-0.2, 0) is 0 Å². The average molecular weight is 401 g/mol. The van der Waals surface area contributed by atoms with Gasteiger partial charge >= 0.3 is 0 Å². The molecule has 0 radical (unpaired) electrons. The number of anilines is 3. The predicted molar refractivity (Wildman–Crippen MR) is 114 cm³/mol. The third kappa shape index (κ3) is 3.70. The second-order valence-electron chi connectivity index (χ2n) is 6.62. The van der Waals surface area contributed by atoms with Crippen molar-refractivity contribution in [2.24, 2.45) is 0 Å². The highest BCUT2D eigenvalue weighted by molar-refractivity contribution is 6.11. The highest BCUT2D eigenvalue weighted by atomic mass is 16.5. The van der Waals surface area contributed by atoms with Crippen LogP contribution >= 0.6 is 0 Å². The van der Waals surface area contributed by atoms with Crippen LogP contribution in [0.1, 0.15) is 26.5 Å². The van der Waals surface area contributed by atoms with Crippen molar-refractivity contribution < 1.29 is 14.1 Å². The Morgan fingerprint density at radius 1 is 0.967 bits per heavy atom. The van der Waals surface area contributed by atoms with Gasteiger partial charge in [-0.05, 0) is 36.8 Å². The van der Waals surface area contributed by atoms with Crippen LogP contribution in [-0.4, -0.2) is 29.0 Å². The number of aromatic nitrogens is 2. The van der Waals surface area contributed by atoms with E-state index in [0.29, 0.717) is 28.0 Å². The van der Waals surface area contributed by atoms with Crippen molar-refractivity contribution in [2.45, 2.75) is 6.92 Å². The monoisotopic (exact) mass is 401 g/mol. The van der Waals surface area contributed by atoms with Gasteiger partial charge in [0, 0.05) is 18.9 Å². The van der Waals surface area contributed by atoms with Crippen molar-refractivity contribution >= 4 is 39.9 Å². The lowest BCUT2D eigenvalue weighted by Gasteiger charge is -2.14. The molecule has 0 aliphatic heterocycles. The highest BCUT2D eigenvalue weighted by Gasteiger charge is 2.19. The van der Waals surface area contributed by atoms with E-state index < -0.39 is 5.91 Å². The van der Waals surface area contributed by atoms with Gasteiger partial charge < -0.3 is 20.5 Å². The van der Waals surface area contributed by atoms with Crippen molar-refractivity contribution in [3.05, 3.63) is 77.7 Å². The molecule has 2 heterocycles. The van der Waals surface area contributed by atoms with Crippen molar-refractivity contribution in [3.8, 4) is 0 Å². The number of fused-ring (bicyclic) bond motifs is 1. The number of nitrogens with zero attached hydrogens (tertiary/aromatic N) is 2. The number of benzene rings is 2. The molecule has 0 bridgehead atoms. The van der Waals surface area contributed by atoms with Crippen LogP contribution in [0, 0.1) is 6.92 Å². The zero-order valence-corrected chi connectivity index (χ0v) is 16.4. The molecule has 2 aromatic heterocycles. The lowest BCUT2D eigenvalue weighted by atomic mass is 10.2. The van der Waals surface area contributed by atoms with Gasteiger partial charge in [-0.2, -0.15) is 0 Å². The zero-order valence-electron chi connectivity index (χ0n) is 16.4. The number of nitrogens with one attached hydrogen (secondary N) is 3. The summed E-state index contributed by atoms with van der Waals surface area (Å²) in [5, 5.41) is 13.1. The summed E-state index contributed by atoms with van der Waals surface area (Å²) in [6.45, 7) is 1.96. The fraction of sp³-hybridized carbons (Fsp3) is 0.0909. The number of aryl methyl sites for hydroxylation is 1. The molecule has 8 nitrogen and oxygen atoms in total. The van der Waals surface area contributed by atoms with Crippen LogP contribution < -0.4 is 16.0 Å². The minimum Gasteiger partial charge on any atom is -0.355 e. The van der Waals surface area contributed by atoms with Gasteiger partial charge in [-0.25, -0.2) is 4.98 Å². The molecule has 0 atom stereocenters. The molecule has 0 fully saturated rings. The molecule has 0 aliphatic carbocycles. The van der Waals surface area contributed by atoms with Crippen LogP contribution in [0.15, 0.2) is 65.3 Å². The maximum absolute atomic E-state index is 12.9. The van der Waals surface area contributed by atoms with Gasteiger partial charge in [0.2, 0.25) is 5.76 Å². The van der Waals surface area contributed by atoms with Gasteiger partial charge in [-0.1, -0.05) is 35.5 Å². The molecule has 2 aromatic carbocycles. The van der Waals surface area contributed by atoms with Crippen LogP contribution in [0.4, 0.5) is 17.2 Å². The first-order valence-electron chi connectivity index (χ1n) is 9.27. The summed E-state index contributed by atoms with van der Waals surface area (Å²) in [5.74, 6) is -0.329. The molecule has 0 saturated carbocycles. The molecule has 8 heteroatoms. The topological polar surface area (TPSA) is 109 Å². The Balaban J connectivity index is 1.71. The second-order valence-corrected chi connectivity index (χ2v) is 6.62. The molecule has 4 aromatic rings. The lowest BCUT2D eigenvalue weighted by Crippen LogP contribution is -2.19. The van der Waals surface area contributed by atoms with Crippen molar-refractivity contribution in [2.75, 3.05) is 17.7 Å². The molecule has 4 rings (SSSR count). The van der Waals surface area contributed by atoms with E-state index in [1.165, 1.54) is 13.2 Å². The Morgan fingerprint density at radius 2 is 1.73 bits per heavy atom. The number of hydrogen-bond donors (Lipinski definition) is 3. The van der Waals surface area contributed by atoms with E-state index in [1.807, 2.05) is 37.3 Å². The molecule has 0 aliphatic rings. The maximum atomic E-state index is 12.9. The van der Waals surface area contributed by atoms with Gasteiger partial charge in [0.25, 0.3) is 11.8 Å². The highest BCUT2D eigenvalue weighted by Crippen LogP contribution is 2.27. The number of hydrogen-bond acceptors (Lipinski definition) is 6. The summed E-state index contributed by atoms with van der Waals surface area (Å²) in [5.41, 5.74) is 3.07. The average Bonchev–Trinajstić information content (AvgIpc) is 3.20. The number of carbonyl (C=O) groups is 2. The summed E-state index contributed by atoms with van der Waals surface area (Å²) >= 11 is 0. The van der Waals surface area contributed by atoms with Crippen LogP contribution in [0.25, 0.3) is 10.9 Å². The minimum absolute atomic E-state index is 0.0813. The molecular weight excluding hydrogens is 382 g/mol. The molecule has 0 spiro atoms. The number of pyridine rings is 1. The number of amides is 2. The quantitative estimate of drug-likeness (QED) is 0.468. The summed E-state index contributed by atoms with van der Waals surface area (Å²) in [6, 6.07) is 16.4. The number of carbonyl (C=O) groups excluding carboxylic acids is 2. The summed E-state index contributed by atoms with van der Waals surface area (Å²) < 4.78 is 5.24. The Morgan fingerprint density at radius 3 is 2.53 bits per heavy atom.